The molecule has 0 aliphatic rings. The first-order valence-electron chi connectivity index (χ1n) is 3.53. The second-order valence-corrected chi connectivity index (χ2v) is 2.87. The van der Waals surface area contributed by atoms with Gasteiger partial charge in [0.1, 0.15) is 0 Å². The van der Waals surface area contributed by atoms with Crippen molar-refractivity contribution in [1.29, 1.82) is 0 Å². The Bertz CT molecular complexity index is 219. The van der Waals surface area contributed by atoms with E-state index in [9.17, 15) is 4.79 Å². The normalized spacial score (nSPS) is 11.7. The molecule has 12 heavy (non-hydrogen) atoms. The molecule has 0 saturated heterocycles. The molecule has 3 heteroatoms. The van der Waals surface area contributed by atoms with Crippen molar-refractivity contribution in [3.05, 3.63) is 36.5 Å². The van der Waals surface area contributed by atoms with E-state index in [1.165, 1.54) is 0 Å². The van der Waals surface area contributed by atoms with Crippen LogP contribution in [0.25, 0.3) is 0 Å². The van der Waals surface area contributed by atoms with Crippen molar-refractivity contribution in [3.63, 3.8) is 0 Å². The van der Waals surface area contributed by atoms with Crippen molar-refractivity contribution in [1.82, 2.24) is 5.32 Å². The van der Waals surface area contributed by atoms with Crippen molar-refractivity contribution < 1.29 is 4.79 Å². The van der Waals surface area contributed by atoms with Crippen LogP contribution >= 0.6 is 22.6 Å². The van der Waals surface area contributed by atoms with E-state index in [4.69, 9.17) is 0 Å². The number of nitrogens with one attached hydrogen (secondary N) is 1. The molecule has 0 atom stereocenters. The number of rotatable bonds is 4. The lowest BCUT2D eigenvalue weighted by Crippen LogP contribution is -2.18. The first-order valence-corrected chi connectivity index (χ1v) is 5.06. The van der Waals surface area contributed by atoms with Crippen LogP contribution in [-0.2, 0) is 4.79 Å². The summed E-state index contributed by atoms with van der Waals surface area (Å²) in [5.41, 5.74) is 0.629. The standard InChI is InChI=1S/C9H12INO/c1-3-5-8(6-4-7-10)9(12)11-2/h3-6H,1,7H2,2H3,(H,11,12)/b6-4-,8-5+. The molecule has 0 aromatic rings. The zero-order valence-corrected chi connectivity index (χ0v) is 9.17. The molecule has 0 saturated carbocycles. The monoisotopic (exact) mass is 277 g/mol. The molecule has 0 unspecified atom stereocenters. The number of carbonyl (C=O) groups is 1. The molecule has 0 aliphatic heterocycles. The molecule has 0 rings (SSSR count). The Labute approximate surface area is 86.6 Å². The Morgan fingerprint density at radius 3 is 2.75 bits per heavy atom. The van der Waals surface area contributed by atoms with Gasteiger partial charge in [0.15, 0.2) is 0 Å². The zero-order chi connectivity index (χ0) is 9.40. The predicted molar refractivity (Wildman–Crippen MR) is 60.4 cm³/mol. The first kappa shape index (κ1) is 11.4. The van der Waals surface area contributed by atoms with Crippen molar-refractivity contribution >= 4 is 28.5 Å². The molecule has 1 amide bonds. The fourth-order valence-corrected chi connectivity index (χ4v) is 0.904. The minimum absolute atomic E-state index is 0.0870. The Morgan fingerprint density at radius 1 is 1.67 bits per heavy atom. The summed E-state index contributed by atoms with van der Waals surface area (Å²) < 4.78 is 0.892. The van der Waals surface area contributed by atoms with Gasteiger partial charge in [-0.2, -0.15) is 0 Å². The number of allylic oxidation sites excluding steroid dienone is 3. The number of carbonyl (C=O) groups excluding carboxylic acids is 1. The number of amides is 1. The summed E-state index contributed by atoms with van der Waals surface area (Å²) in [5, 5.41) is 2.55. The second kappa shape index (κ2) is 7.09. The third-order valence-electron chi connectivity index (χ3n) is 1.17. The summed E-state index contributed by atoms with van der Waals surface area (Å²) in [4.78, 5) is 11.1. The van der Waals surface area contributed by atoms with E-state index in [0.29, 0.717) is 5.57 Å². The van der Waals surface area contributed by atoms with Gasteiger partial charge in [-0.15, -0.1) is 0 Å². The molecule has 0 aromatic carbocycles. The Morgan fingerprint density at radius 2 is 2.33 bits per heavy atom. The van der Waals surface area contributed by atoms with Gasteiger partial charge in [0, 0.05) is 17.0 Å². The number of hydrogen-bond acceptors (Lipinski definition) is 1. The van der Waals surface area contributed by atoms with Gasteiger partial charge in [-0.25, -0.2) is 0 Å². The van der Waals surface area contributed by atoms with Gasteiger partial charge < -0.3 is 5.32 Å². The Hall–Kier alpha value is -0.580. The average molecular weight is 277 g/mol. The highest BCUT2D eigenvalue weighted by Gasteiger charge is 2.00. The molecular weight excluding hydrogens is 265 g/mol. The van der Waals surface area contributed by atoms with Crippen molar-refractivity contribution in [3.8, 4) is 0 Å². The maximum absolute atomic E-state index is 11.1. The molecule has 66 valence electrons. The third kappa shape index (κ3) is 4.33. The van der Waals surface area contributed by atoms with E-state index in [1.807, 2.05) is 6.08 Å². The van der Waals surface area contributed by atoms with Crippen LogP contribution in [-0.4, -0.2) is 17.4 Å². The van der Waals surface area contributed by atoms with E-state index in [2.05, 4.69) is 34.5 Å². The smallest absolute Gasteiger partial charge is 0.251 e. The summed E-state index contributed by atoms with van der Waals surface area (Å²) in [7, 11) is 1.61. The van der Waals surface area contributed by atoms with Gasteiger partial charge >= 0.3 is 0 Å². The van der Waals surface area contributed by atoms with Crippen LogP contribution in [0.3, 0.4) is 0 Å². The van der Waals surface area contributed by atoms with E-state index in [-0.39, 0.29) is 5.91 Å². The first-order chi connectivity index (χ1) is 5.76. The van der Waals surface area contributed by atoms with E-state index < -0.39 is 0 Å². The quantitative estimate of drug-likeness (QED) is 0.361. The molecule has 0 heterocycles. The summed E-state index contributed by atoms with van der Waals surface area (Å²) in [6.07, 6.45) is 6.99. The summed E-state index contributed by atoms with van der Waals surface area (Å²) in [6, 6.07) is 0. The minimum atomic E-state index is -0.0870. The molecule has 0 radical (unpaired) electrons. The van der Waals surface area contributed by atoms with Crippen molar-refractivity contribution in [2.45, 2.75) is 0 Å². The topological polar surface area (TPSA) is 29.1 Å². The minimum Gasteiger partial charge on any atom is -0.355 e. The van der Waals surface area contributed by atoms with Gasteiger partial charge in [-0.05, 0) is 0 Å². The molecule has 0 spiro atoms. The van der Waals surface area contributed by atoms with E-state index in [1.54, 1.807) is 25.3 Å². The number of halogens is 1. The maximum atomic E-state index is 11.1. The van der Waals surface area contributed by atoms with Crippen LogP contribution in [0, 0.1) is 0 Å². The van der Waals surface area contributed by atoms with Crippen LogP contribution in [0.2, 0.25) is 0 Å². The van der Waals surface area contributed by atoms with Gasteiger partial charge in [0.2, 0.25) is 0 Å². The molecule has 2 nitrogen and oxygen atoms in total. The molecule has 0 fully saturated rings. The number of likely N-dealkylation sites (N-methyl/N-ethyl adjacent to an activating group) is 1. The average Bonchev–Trinajstić information content (AvgIpc) is 2.11. The Balaban J connectivity index is 4.44. The van der Waals surface area contributed by atoms with Gasteiger partial charge in [-0.3, -0.25) is 4.79 Å². The largest absolute Gasteiger partial charge is 0.355 e. The van der Waals surface area contributed by atoms with Crippen LogP contribution in [0.15, 0.2) is 36.5 Å². The molecule has 1 N–H and O–H groups in total. The molecule has 0 aliphatic carbocycles. The number of alkyl halides is 1. The SMILES string of the molecule is C=C/C=C(\C=C/CI)C(=O)NC. The lowest BCUT2D eigenvalue weighted by Gasteiger charge is -1.97. The van der Waals surface area contributed by atoms with Crippen LogP contribution < -0.4 is 5.32 Å². The molecular formula is C9H12INO. The summed E-state index contributed by atoms with van der Waals surface area (Å²) in [5.74, 6) is -0.0870. The predicted octanol–water partition coefficient (Wildman–Crippen LogP) is 1.84. The van der Waals surface area contributed by atoms with E-state index >= 15 is 0 Å². The fraction of sp³-hybridized carbons (Fsp3) is 0.222. The van der Waals surface area contributed by atoms with Crippen LogP contribution in [0.1, 0.15) is 0 Å². The van der Waals surface area contributed by atoms with Crippen molar-refractivity contribution in [2.24, 2.45) is 0 Å². The fourth-order valence-electron chi connectivity index (χ4n) is 0.650. The summed E-state index contributed by atoms with van der Waals surface area (Å²) in [6.45, 7) is 3.53. The lowest BCUT2D eigenvalue weighted by atomic mass is 10.2. The maximum Gasteiger partial charge on any atom is 0.251 e. The van der Waals surface area contributed by atoms with Gasteiger partial charge in [0.05, 0.1) is 0 Å². The highest BCUT2D eigenvalue weighted by Crippen LogP contribution is 1.98. The van der Waals surface area contributed by atoms with Crippen LogP contribution in [0.5, 0.6) is 0 Å². The highest BCUT2D eigenvalue weighted by atomic mass is 127. The van der Waals surface area contributed by atoms with Crippen molar-refractivity contribution in [2.75, 3.05) is 11.5 Å². The van der Waals surface area contributed by atoms with Gasteiger partial charge in [0.25, 0.3) is 5.91 Å². The number of hydrogen-bond donors (Lipinski definition) is 1. The lowest BCUT2D eigenvalue weighted by molar-refractivity contribution is -0.116. The molecule has 0 aromatic heterocycles. The highest BCUT2D eigenvalue weighted by molar-refractivity contribution is 14.1. The zero-order valence-electron chi connectivity index (χ0n) is 7.01. The third-order valence-corrected chi connectivity index (χ3v) is 1.68. The summed E-state index contributed by atoms with van der Waals surface area (Å²) >= 11 is 2.21. The molecule has 0 bridgehead atoms. The van der Waals surface area contributed by atoms with E-state index in [0.717, 1.165) is 4.43 Å². The van der Waals surface area contributed by atoms with Crippen LogP contribution in [0.4, 0.5) is 0 Å². The Kier molecular flexibility index (Phi) is 6.75. The van der Waals surface area contributed by atoms with Gasteiger partial charge in [-0.1, -0.05) is 53.5 Å². The second-order valence-electron chi connectivity index (χ2n) is 1.99.